The van der Waals surface area contributed by atoms with Gasteiger partial charge in [0.1, 0.15) is 0 Å². The lowest BCUT2D eigenvalue weighted by atomic mass is 9.75. The molecule has 0 aliphatic heterocycles. The van der Waals surface area contributed by atoms with E-state index < -0.39 is 0 Å². The molecule has 14 heavy (non-hydrogen) atoms. The highest BCUT2D eigenvalue weighted by Crippen LogP contribution is 2.42. The second-order valence-electron chi connectivity index (χ2n) is 5.56. The van der Waals surface area contributed by atoms with Crippen molar-refractivity contribution in [1.29, 1.82) is 0 Å². The summed E-state index contributed by atoms with van der Waals surface area (Å²) >= 11 is 6.48. The van der Waals surface area contributed by atoms with Crippen LogP contribution in [0.15, 0.2) is 23.3 Å². The SMILES string of the molecule is CC1=CC(C(C)(C)C)=CC(C)C1(C)Cl. The molecule has 0 bridgehead atoms. The van der Waals surface area contributed by atoms with Gasteiger partial charge in [0.05, 0.1) is 4.87 Å². The lowest BCUT2D eigenvalue weighted by molar-refractivity contribution is 0.480. The highest BCUT2D eigenvalue weighted by Gasteiger charge is 2.34. The van der Waals surface area contributed by atoms with Gasteiger partial charge < -0.3 is 0 Å². The van der Waals surface area contributed by atoms with Crippen LogP contribution in [0, 0.1) is 11.3 Å². The summed E-state index contributed by atoms with van der Waals surface area (Å²) in [5.74, 6) is 0.406. The van der Waals surface area contributed by atoms with Crippen molar-refractivity contribution in [2.24, 2.45) is 11.3 Å². The van der Waals surface area contributed by atoms with E-state index >= 15 is 0 Å². The fourth-order valence-corrected chi connectivity index (χ4v) is 1.79. The topological polar surface area (TPSA) is 0 Å². The molecule has 1 aliphatic rings. The number of hydrogen-bond donors (Lipinski definition) is 0. The van der Waals surface area contributed by atoms with Gasteiger partial charge in [-0.2, -0.15) is 0 Å². The van der Waals surface area contributed by atoms with Gasteiger partial charge in [-0.1, -0.05) is 45.4 Å². The van der Waals surface area contributed by atoms with Crippen LogP contribution in [0.5, 0.6) is 0 Å². The van der Waals surface area contributed by atoms with Gasteiger partial charge in [-0.25, -0.2) is 0 Å². The van der Waals surface area contributed by atoms with E-state index in [0.29, 0.717) is 5.92 Å². The third kappa shape index (κ3) is 2.06. The minimum absolute atomic E-state index is 0.200. The maximum atomic E-state index is 6.48. The second-order valence-corrected chi connectivity index (χ2v) is 6.35. The molecule has 0 amide bonds. The normalized spacial score (nSPS) is 33.8. The first-order valence-corrected chi connectivity index (χ1v) is 5.63. The lowest BCUT2D eigenvalue weighted by Gasteiger charge is -2.36. The summed E-state index contributed by atoms with van der Waals surface area (Å²) in [6.45, 7) is 13.1. The van der Waals surface area contributed by atoms with E-state index in [-0.39, 0.29) is 10.3 Å². The minimum atomic E-state index is -0.200. The number of hydrogen-bond acceptors (Lipinski definition) is 0. The van der Waals surface area contributed by atoms with Gasteiger partial charge in [-0.3, -0.25) is 0 Å². The van der Waals surface area contributed by atoms with Gasteiger partial charge in [-0.15, -0.1) is 11.6 Å². The molecule has 0 aromatic heterocycles. The molecular weight excluding hydrogens is 192 g/mol. The molecule has 2 atom stereocenters. The van der Waals surface area contributed by atoms with Gasteiger partial charge >= 0.3 is 0 Å². The van der Waals surface area contributed by atoms with Crippen molar-refractivity contribution in [2.75, 3.05) is 0 Å². The number of rotatable bonds is 0. The first-order chi connectivity index (χ1) is 6.15. The first kappa shape index (κ1) is 11.8. The van der Waals surface area contributed by atoms with Crippen molar-refractivity contribution < 1.29 is 0 Å². The minimum Gasteiger partial charge on any atom is -0.114 e. The van der Waals surface area contributed by atoms with Crippen molar-refractivity contribution in [3.63, 3.8) is 0 Å². The van der Waals surface area contributed by atoms with Crippen LogP contribution in [-0.2, 0) is 0 Å². The maximum absolute atomic E-state index is 6.48. The Bertz CT molecular complexity index is 287. The van der Waals surface area contributed by atoms with Crippen LogP contribution in [-0.4, -0.2) is 4.87 Å². The molecule has 2 unspecified atom stereocenters. The maximum Gasteiger partial charge on any atom is 0.0687 e. The average molecular weight is 213 g/mol. The van der Waals surface area contributed by atoms with Crippen molar-refractivity contribution in [3.05, 3.63) is 23.3 Å². The van der Waals surface area contributed by atoms with E-state index in [9.17, 15) is 0 Å². The third-order valence-corrected chi connectivity index (χ3v) is 3.94. The van der Waals surface area contributed by atoms with E-state index in [1.807, 2.05) is 0 Å². The molecule has 1 rings (SSSR count). The summed E-state index contributed by atoms with van der Waals surface area (Å²) in [6, 6.07) is 0. The van der Waals surface area contributed by atoms with Gasteiger partial charge in [0.15, 0.2) is 0 Å². The molecule has 0 saturated heterocycles. The molecule has 1 heteroatoms. The monoisotopic (exact) mass is 212 g/mol. The Hall–Kier alpha value is -0.230. The molecule has 0 N–H and O–H groups in total. The summed E-state index contributed by atoms with van der Waals surface area (Å²) in [5, 5.41) is 0. The van der Waals surface area contributed by atoms with Crippen molar-refractivity contribution in [1.82, 2.24) is 0 Å². The van der Waals surface area contributed by atoms with Crippen LogP contribution in [0.4, 0.5) is 0 Å². The summed E-state index contributed by atoms with van der Waals surface area (Å²) in [5.41, 5.74) is 2.91. The molecule has 0 heterocycles. The third-order valence-electron chi connectivity index (χ3n) is 3.29. The van der Waals surface area contributed by atoms with Gasteiger partial charge in [0, 0.05) is 0 Å². The van der Waals surface area contributed by atoms with Gasteiger partial charge in [-0.05, 0) is 30.8 Å². The summed E-state index contributed by atoms with van der Waals surface area (Å²) in [7, 11) is 0. The quantitative estimate of drug-likeness (QED) is 0.517. The second kappa shape index (κ2) is 3.41. The van der Waals surface area contributed by atoms with Crippen LogP contribution < -0.4 is 0 Å². The average Bonchev–Trinajstić information content (AvgIpc) is 1.98. The Morgan fingerprint density at radius 2 is 1.86 bits per heavy atom. The smallest absolute Gasteiger partial charge is 0.0687 e. The summed E-state index contributed by atoms with van der Waals surface area (Å²) < 4.78 is 0. The van der Waals surface area contributed by atoms with E-state index in [1.54, 1.807) is 0 Å². The molecular formula is C13H21Cl. The molecule has 1 aliphatic carbocycles. The predicted octanol–water partition coefficient (Wildman–Crippen LogP) is 4.55. The Labute approximate surface area is 93.0 Å². The van der Waals surface area contributed by atoms with Crippen molar-refractivity contribution in [2.45, 2.75) is 46.4 Å². The summed E-state index contributed by atoms with van der Waals surface area (Å²) in [4.78, 5) is -0.200. The molecule has 0 fully saturated rings. The molecule has 80 valence electrons. The fraction of sp³-hybridized carbons (Fsp3) is 0.692. The van der Waals surface area contributed by atoms with Crippen LogP contribution in [0.1, 0.15) is 41.5 Å². The Morgan fingerprint density at radius 3 is 2.21 bits per heavy atom. The molecule has 0 radical (unpaired) electrons. The van der Waals surface area contributed by atoms with E-state index in [1.165, 1.54) is 11.1 Å². The lowest BCUT2D eigenvalue weighted by Crippen LogP contribution is -2.30. The van der Waals surface area contributed by atoms with Gasteiger partial charge in [0.25, 0.3) is 0 Å². The number of halogens is 1. The highest BCUT2D eigenvalue weighted by molar-refractivity contribution is 6.26. The zero-order chi connectivity index (χ0) is 11.1. The molecule has 0 spiro atoms. The molecule has 0 aromatic carbocycles. The Kier molecular flexibility index (Phi) is 2.89. The van der Waals surface area contributed by atoms with E-state index in [4.69, 9.17) is 11.6 Å². The number of allylic oxidation sites excluding steroid dienone is 4. The van der Waals surface area contributed by atoms with Crippen LogP contribution in [0.3, 0.4) is 0 Å². The highest BCUT2D eigenvalue weighted by atomic mass is 35.5. The van der Waals surface area contributed by atoms with Crippen molar-refractivity contribution in [3.8, 4) is 0 Å². The zero-order valence-corrected chi connectivity index (χ0v) is 10.9. The molecule has 0 aromatic rings. The largest absolute Gasteiger partial charge is 0.114 e. The number of alkyl halides is 1. The van der Waals surface area contributed by atoms with Crippen molar-refractivity contribution >= 4 is 11.6 Å². The van der Waals surface area contributed by atoms with Crippen LogP contribution in [0.25, 0.3) is 0 Å². The first-order valence-electron chi connectivity index (χ1n) is 5.25. The van der Waals surface area contributed by atoms with E-state index in [0.717, 1.165) is 0 Å². The van der Waals surface area contributed by atoms with E-state index in [2.05, 4.69) is 53.7 Å². The Morgan fingerprint density at radius 1 is 1.36 bits per heavy atom. The molecule has 0 saturated carbocycles. The fourth-order valence-electron chi connectivity index (χ4n) is 1.67. The van der Waals surface area contributed by atoms with Crippen LogP contribution in [0.2, 0.25) is 0 Å². The standard InChI is InChI=1S/C13H21Cl/c1-9-7-11(12(3,4)5)8-10(2)13(9,6)14/h7-9H,1-6H3. The van der Waals surface area contributed by atoms with Crippen LogP contribution >= 0.6 is 11.6 Å². The van der Waals surface area contributed by atoms with Gasteiger partial charge in [0.2, 0.25) is 0 Å². The zero-order valence-electron chi connectivity index (χ0n) is 10.1. The predicted molar refractivity (Wildman–Crippen MR) is 64.7 cm³/mol. The summed E-state index contributed by atoms with van der Waals surface area (Å²) in [6.07, 6.45) is 4.55. The Balaban J connectivity index is 3.09. The molecule has 0 nitrogen and oxygen atoms in total.